The predicted molar refractivity (Wildman–Crippen MR) is 60.3 cm³/mol. The van der Waals surface area contributed by atoms with Crippen molar-refractivity contribution in [2.24, 2.45) is 0 Å². The van der Waals surface area contributed by atoms with Crippen molar-refractivity contribution < 1.29 is 5.11 Å². The molecule has 0 aliphatic rings. The van der Waals surface area contributed by atoms with Crippen LogP contribution < -0.4 is 5.56 Å². The van der Waals surface area contributed by atoms with Crippen molar-refractivity contribution in [1.29, 1.82) is 0 Å². The molecule has 0 spiro atoms. The van der Waals surface area contributed by atoms with E-state index in [2.05, 4.69) is 18.1 Å². The summed E-state index contributed by atoms with van der Waals surface area (Å²) in [5.74, 6) is -0.174. The van der Waals surface area contributed by atoms with Crippen molar-refractivity contribution >= 4 is 12.2 Å². The molecule has 0 radical (unpaired) electrons. The van der Waals surface area contributed by atoms with Crippen molar-refractivity contribution in [3.63, 3.8) is 0 Å². The number of hydrogen-bond acceptors (Lipinski definition) is 2. The molecule has 14 heavy (non-hydrogen) atoms. The molecule has 3 nitrogen and oxygen atoms in total. The van der Waals surface area contributed by atoms with Crippen LogP contribution in [0.15, 0.2) is 24.0 Å². The van der Waals surface area contributed by atoms with Gasteiger partial charge in [-0.25, -0.2) is 0 Å². The molecule has 2 N–H and O–H groups in total. The van der Waals surface area contributed by atoms with E-state index in [0.717, 1.165) is 0 Å². The van der Waals surface area contributed by atoms with E-state index in [9.17, 15) is 9.90 Å². The van der Waals surface area contributed by atoms with Crippen molar-refractivity contribution in [2.75, 3.05) is 0 Å². The molecule has 0 aromatic carbocycles. The second kappa shape index (κ2) is 5.80. The van der Waals surface area contributed by atoms with Crippen LogP contribution in [0.25, 0.3) is 12.2 Å². The maximum absolute atomic E-state index is 10.8. The summed E-state index contributed by atoms with van der Waals surface area (Å²) in [7, 11) is 0. The van der Waals surface area contributed by atoms with Crippen LogP contribution in [-0.2, 0) is 0 Å². The molecule has 0 saturated carbocycles. The summed E-state index contributed by atoms with van der Waals surface area (Å²) in [6.45, 7) is 11.0. The third-order valence-electron chi connectivity index (χ3n) is 1.52. The first-order valence-electron chi connectivity index (χ1n) is 4.40. The fourth-order valence-electron chi connectivity index (χ4n) is 0.959. The summed E-state index contributed by atoms with van der Waals surface area (Å²) in [4.78, 5) is 13.1. The average Bonchev–Trinajstić information content (AvgIpc) is 2.19. The minimum atomic E-state index is -0.354. The number of rotatable bonds is 2. The van der Waals surface area contributed by atoms with Crippen LogP contribution in [-0.4, -0.2) is 10.1 Å². The lowest BCUT2D eigenvalue weighted by Gasteiger charge is -2.01. The second-order valence-electron chi connectivity index (χ2n) is 2.26. The predicted octanol–water partition coefficient (Wildman–Crippen LogP) is 2.39. The quantitative estimate of drug-likeness (QED) is 0.757. The summed E-state index contributed by atoms with van der Waals surface area (Å²) >= 11 is 0. The third kappa shape index (κ3) is 2.62. The molecule has 0 saturated heterocycles. The summed E-state index contributed by atoms with van der Waals surface area (Å²) in [5, 5.41) is 9.23. The van der Waals surface area contributed by atoms with Gasteiger partial charge in [0.05, 0.1) is 0 Å². The molecule has 3 heteroatoms. The summed E-state index contributed by atoms with van der Waals surface area (Å²) in [6.07, 6.45) is 2.95. The van der Waals surface area contributed by atoms with Crippen LogP contribution in [0.4, 0.5) is 0 Å². The highest BCUT2D eigenvalue weighted by molar-refractivity contribution is 5.66. The highest BCUT2D eigenvalue weighted by atomic mass is 16.3. The summed E-state index contributed by atoms with van der Waals surface area (Å²) in [5.41, 5.74) is 0.712. The number of H-pyrrole nitrogens is 1. The molecular weight excluding hydrogens is 178 g/mol. The van der Waals surface area contributed by atoms with E-state index in [4.69, 9.17) is 0 Å². The average molecular weight is 193 g/mol. The summed E-state index contributed by atoms with van der Waals surface area (Å²) < 4.78 is 0. The molecule has 0 bridgehead atoms. The van der Waals surface area contributed by atoms with Gasteiger partial charge in [-0.15, -0.1) is 0 Å². The van der Waals surface area contributed by atoms with E-state index in [1.54, 1.807) is 0 Å². The SMILES string of the molecule is C=Cc1cc(=O)[nH]c(O)c1C=C.CC. The van der Waals surface area contributed by atoms with Crippen molar-refractivity contribution in [1.82, 2.24) is 4.98 Å². The fourth-order valence-corrected chi connectivity index (χ4v) is 0.959. The van der Waals surface area contributed by atoms with Crippen LogP contribution in [0.1, 0.15) is 25.0 Å². The highest BCUT2D eigenvalue weighted by Crippen LogP contribution is 2.17. The molecule has 1 aromatic heterocycles. The first-order valence-corrected chi connectivity index (χ1v) is 4.40. The number of hydrogen-bond donors (Lipinski definition) is 2. The maximum atomic E-state index is 10.8. The monoisotopic (exact) mass is 193 g/mol. The smallest absolute Gasteiger partial charge is 0.251 e. The van der Waals surface area contributed by atoms with Gasteiger partial charge in [0.1, 0.15) is 0 Å². The van der Waals surface area contributed by atoms with Gasteiger partial charge < -0.3 is 5.11 Å². The standard InChI is InChI=1S/C9H9NO2.C2H6/c1-3-6-5-8(11)10-9(12)7(6)4-2;1-2/h3-5H,1-2H2,(H2,10,11,12);1-2H3. The van der Waals surface area contributed by atoms with Gasteiger partial charge in [0, 0.05) is 11.6 Å². The molecule has 0 aliphatic heterocycles. The van der Waals surface area contributed by atoms with Gasteiger partial charge in [0.25, 0.3) is 5.56 Å². The van der Waals surface area contributed by atoms with E-state index < -0.39 is 0 Å². The van der Waals surface area contributed by atoms with E-state index in [1.165, 1.54) is 18.2 Å². The molecule has 0 amide bonds. The van der Waals surface area contributed by atoms with Crippen LogP contribution >= 0.6 is 0 Å². The van der Waals surface area contributed by atoms with Gasteiger partial charge >= 0.3 is 0 Å². The number of nitrogens with one attached hydrogen (secondary N) is 1. The minimum absolute atomic E-state index is 0.174. The maximum Gasteiger partial charge on any atom is 0.251 e. The lowest BCUT2D eigenvalue weighted by atomic mass is 10.1. The highest BCUT2D eigenvalue weighted by Gasteiger charge is 2.02. The molecule has 0 fully saturated rings. The van der Waals surface area contributed by atoms with Crippen LogP contribution in [0.5, 0.6) is 5.88 Å². The van der Waals surface area contributed by atoms with Gasteiger partial charge in [-0.2, -0.15) is 0 Å². The lowest BCUT2D eigenvalue weighted by molar-refractivity contribution is 0.450. The fraction of sp³-hybridized carbons (Fsp3) is 0.182. The largest absolute Gasteiger partial charge is 0.494 e. The van der Waals surface area contributed by atoms with E-state index in [0.29, 0.717) is 11.1 Å². The zero-order chi connectivity index (χ0) is 11.1. The Bertz CT molecular complexity index is 377. The van der Waals surface area contributed by atoms with Crippen LogP contribution in [0.3, 0.4) is 0 Å². The molecule has 1 rings (SSSR count). The molecule has 1 aromatic rings. The van der Waals surface area contributed by atoms with Crippen molar-refractivity contribution in [3.8, 4) is 5.88 Å². The number of aromatic hydroxyl groups is 1. The van der Waals surface area contributed by atoms with Crippen LogP contribution in [0, 0.1) is 0 Å². The topological polar surface area (TPSA) is 53.1 Å². The Hall–Kier alpha value is -1.77. The number of aromatic nitrogens is 1. The molecule has 76 valence electrons. The molecule has 0 aliphatic carbocycles. The minimum Gasteiger partial charge on any atom is -0.494 e. The normalized spacial score (nSPS) is 8.43. The Morgan fingerprint density at radius 1 is 1.36 bits per heavy atom. The van der Waals surface area contributed by atoms with Gasteiger partial charge in [0.2, 0.25) is 0 Å². The molecule has 0 atom stereocenters. The van der Waals surface area contributed by atoms with E-state index >= 15 is 0 Å². The Morgan fingerprint density at radius 2 is 1.93 bits per heavy atom. The Labute approximate surface area is 83.4 Å². The first kappa shape index (κ1) is 12.2. The van der Waals surface area contributed by atoms with Gasteiger partial charge in [-0.1, -0.05) is 39.2 Å². The zero-order valence-electron chi connectivity index (χ0n) is 8.50. The van der Waals surface area contributed by atoms with Crippen LogP contribution in [0.2, 0.25) is 0 Å². The molecule has 0 unspecified atom stereocenters. The molecular formula is C11H15NO2. The summed E-state index contributed by atoms with van der Waals surface area (Å²) in [6, 6.07) is 1.35. The lowest BCUT2D eigenvalue weighted by Crippen LogP contribution is -2.05. The Balaban J connectivity index is 0.000000791. The zero-order valence-corrected chi connectivity index (χ0v) is 8.50. The number of aromatic amines is 1. The molecule has 1 heterocycles. The first-order chi connectivity index (χ1) is 6.69. The van der Waals surface area contributed by atoms with Crippen molar-refractivity contribution in [3.05, 3.63) is 40.7 Å². The third-order valence-corrected chi connectivity index (χ3v) is 1.52. The Morgan fingerprint density at radius 3 is 2.36 bits per heavy atom. The van der Waals surface area contributed by atoms with E-state index in [-0.39, 0.29) is 11.4 Å². The second-order valence-corrected chi connectivity index (χ2v) is 2.26. The van der Waals surface area contributed by atoms with Gasteiger partial charge in [-0.3, -0.25) is 9.78 Å². The number of pyridine rings is 1. The van der Waals surface area contributed by atoms with Crippen molar-refractivity contribution in [2.45, 2.75) is 13.8 Å². The van der Waals surface area contributed by atoms with E-state index in [1.807, 2.05) is 13.8 Å². The van der Waals surface area contributed by atoms with Gasteiger partial charge in [0.15, 0.2) is 5.88 Å². The van der Waals surface area contributed by atoms with Gasteiger partial charge in [-0.05, 0) is 5.56 Å². The Kier molecular flexibility index (Phi) is 5.07.